The normalized spacial score (nSPS) is 10.1. The van der Waals surface area contributed by atoms with E-state index in [2.05, 4.69) is 6.58 Å². The molecule has 3 aromatic carbocycles. The molecular formula is C22H16O6. The van der Waals surface area contributed by atoms with Gasteiger partial charge in [-0.25, -0.2) is 9.59 Å². The molecule has 0 unspecified atom stereocenters. The van der Waals surface area contributed by atoms with E-state index in [1.54, 1.807) is 60.7 Å². The Morgan fingerprint density at radius 2 is 1.32 bits per heavy atom. The number of aromatic hydroxyl groups is 2. The maximum Gasteiger partial charge on any atom is 0.343 e. The van der Waals surface area contributed by atoms with Gasteiger partial charge >= 0.3 is 11.9 Å². The van der Waals surface area contributed by atoms with Crippen molar-refractivity contribution in [1.29, 1.82) is 0 Å². The molecule has 6 nitrogen and oxygen atoms in total. The molecule has 0 amide bonds. The summed E-state index contributed by atoms with van der Waals surface area (Å²) in [4.78, 5) is 24.5. The quantitative estimate of drug-likeness (QED) is 0.394. The molecule has 0 atom stereocenters. The average Bonchev–Trinajstić information content (AvgIpc) is 2.73. The summed E-state index contributed by atoms with van der Waals surface area (Å²) in [6.45, 7) is 3.55. The first kappa shape index (κ1) is 18.7. The van der Waals surface area contributed by atoms with E-state index in [-0.39, 0.29) is 28.2 Å². The number of hydrogen-bond donors (Lipinski definition) is 2. The number of carbonyl (C=O) groups is 2. The van der Waals surface area contributed by atoms with Gasteiger partial charge in [0.25, 0.3) is 0 Å². The van der Waals surface area contributed by atoms with Crippen LogP contribution >= 0.6 is 0 Å². The maximum atomic E-state index is 12.3. The number of rotatable bonds is 5. The summed E-state index contributed by atoms with van der Waals surface area (Å²) < 4.78 is 10.4. The number of carbonyl (C=O) groups excluding carboxylic acids is 2. The first-order valence-electron chi connectivity index (χ1n) is 8.27. The van der Waals surface area contributed by atoms with Gasteiger partial charge in [-0.2, -0.15) is 0 Å². The van der Waals surface area contributed by atoms with Crippen LogP contribution in [-0.2, 0) is 0 Å². The fourth-order valence-electron chi connectivity index (χ4n) is 2.47. The third-order valence-corrected chi connectivity index (χ3v) is 3.85. The van der Waals surface area contributed by atoms with E-state index in [0.717, 1.165) is 6.07 Å². The van der Waals surface area contributed by atoms with E-state index in [4.69, 9.17) is 9.47 Å². The summed E-state index contributed by atoms with van der Waals surface area (Å²) >= 11 is 0. The third-order valence-electron chi connectivity index (χ3n) is 3.85. The highest BCUT2D eigenvalue weighted by Crippen LogP contribution is 2.44. The van der Waals surface area contributed by atoms with Crippen molar-refractivity contribution in [1.82, 2.24) is 0 Å². The highest BCUT2D eigenvalue weighted by molar-refractivity contribution is 5.93. The van der Waals surface area contributed by atoms with Crippen molar-refractivity contribution in [3.05, 3.63) is 90.0 Å². The van der Waals surface area contributed by atoms with Gasteiger partial charge in [-0.15, -0.1) is 0 Å². The Hall–Kier alpha value is -4.06. The molecule has 0 saturated heterocycles. The van der Waals surface area contributed by atoms with Gasteiger partial charge in [-0.05, 0) is 24.3 Å². The Morgan fingerprint density at radius 3 is 1.82 bits per heavy atom. The molecule has 0 aromatic heterocycles. The van der Waals surface area contributed by atoms with Crippen LogP contribution in [0.3, 0.4) is 0 Å². The minimum absolute atomic E-state index is 0.0832. The molecule has 3 rings (SSSR count). The second-order valence-electron chi connectivity index (χ2n) is 5.70. The standard InChI is InChI=1S/C22H16O6/c1-2-16-19(24)18(27-21(25)14-9-5-3-6-10-14)13-17(23)20(16)28-22(26)15-11-7-4-8-12-15/h2-13,23-24H,1H2. The van der Waals surface area contributed by atoms with Crippen LogP contribution in [0.1, 0.15) is 26.3 Å². The maximum absolute atomic E-state index is 12.3. The second-order valence-corrected chi connectivity index (χ2v) is 5.70. The van der Waals surface area contributed by atoms with Crippen molar-refractivity contribution < 1.29 is 29.3 Å². The molecule has 6 heteroatoms. The highest BCUT2D eigenvalue weighted by atomic mass is 16.6. The molecule has 0 radical (unpaired) electrons. The van der Waals surface area contributed by atoms with Gasteiger partial charge < -0.3 is 19.7 Å². The predicted octanol–water partition coefficient (Wildman–Crippen LogP) is 4.18. The Balaban J connectivity index is 1.92. The SMILES string of the molecule is C=Cc1c(O)c(OC(=O)c2ccccc2)cc(O)c1OC(=O)c1ccccc1. The van der Waals surface area contributed by atoms with Crippen molar-refractivity contribution in [3.63, 3.8) is 0 Å². The molecule has 0 heterocycles. The smallest absolute Gasteiger partial charge is 0.343 e. The number of esters is 2. The Morgan fingerprint density at radius 1 is 0.821 bits per heavy atom. The average molecular weight is 376 g/mol. The number of phenolic OH excluding ortho intramolecular Hbond substituents is 2. The van der Waals surface area contributed by atoms with Gasteiger partial charge in [0, 0.05) is 6.07 Å². The topological polar surface area (TPSA) is 93.1 Å². The van der Waals surface area contributed by atoms with Gasteiger partial charge in [0.2, 0.25) is 0 Å². The van der Waals surface area contributed by atoms with Gasteiger partial charge in [0.1, 0.15) is 0 Å². The van der Waals surface area contributed by atoms with Crippen molar-refractivity contribution in [3.8, 4) is 23.0 Å². The van der Waals surface area contributed by atoms with Crippen LogP contribution in [-0.4, -0.2) is 22.2 Å². The van der Waals surface area contributed by atoms with E-state index < -0.39 is 23.4 Å². The lowest BCUT2D eigenvalue weighted by Gasteiger charge is -2.14. The monoisotopic (exact) mass is 376 g/mol. The van der Waals surface area contributed by atoms with Gasteiger partial charge in [-0.1, -0.05) is 49.1 Å². The Labute approximate surface area is 160 Å². The molecule has 0 aliphatic rings. The van der Waals surface area contributed by atoms with E-state index in [9.17, 15) is 19.8 Å². The lowest BCUT2D eigenvalue weighted by molar-refractivity contribution is 0.0711. The molecule has 2 N–H and O–H groups in total. The lowest BCUT2D eigenvalue weighted by Crippen LogP contribution is -2.11. The molecule has 0 aliphatic heterocycles. The first-order chi connectivity index (χ1) is 13.5. The van der Waals surface area contributed by atoms with Gasteiger partial charge in [0.05, 0.1) is 16.7 Å². The summed E-state index contributed by atoms with van der Waals surface area (Å²) in [5.41, 5.74) is 0.442. The minimum atomic E-state index is -0.729. The molecule has 3 aromatic rings. The zero-order valence-corrected chi connectivity index (χ0v) is 14.7. The molecule has 28 heavy (non-hydrogen) atoms. The fourth-order valence-corrected chi connectivity index (χ4v) is 2.47. The van der Waals surface area contributed by atoms with E-state index in [1.807, 2.05) is 0 Å². The summed E-state index contributed by atoms with van der Waals surface area (Å²) in [6, 6.07) is 17.3. The number of hydrogen-bond acceptors (Lipinski definition) is 6. The van der Waals surface area contributed by atoms with Crippen LogP contribution < -0.4 is 9.47 Å². The Bertz CT molecular complexity index is 1030. The van der Waals surface area contributed by atoms with Crippen molar-refractivity contribution in [2.75, 3.05) is 0 Å². The van der Waals surface area contributed by atoms with Crippen molar-refractivity contribution in [2.45, 2.75) is 0 Å². The van der Waals surface area contributed by atoms with E-state index in [0.29, 0.717) is 0 Å². The highest BCUT2D eigenvalue weighted by Gasteiger charge is 2.23. The zero-order chi connectivity index (χ0) is 20.1. The summed E-state index contributed by atoms with van der Waals surface area (Å²) in [7, 11) is 0. The number of phenols is 2. The van der Waals surface area contributed by atoms with Crippen LogP contribution in [0.5, 0.6) is 23.0 Å². The van der Waals surface area contributed by atoms with Crippen LogP contribution in [0.2, 0.25) is 0 Å². The summed E-state index contributed by atoms with van der Waals surface area (Å²) in [5.74, 6) is -3.02. The van der Waals surface area contributed by atoms with Crippen LogP contribution in [0.4, 0.5) is 0 Å². The molecule has 0 bridgehead atoms. The summed E-state index contributed by atoms with van der Waals surface area (Å²) in [5, 5.41) is 20.7. The van der Waals surface area contributed by atoms with E-state index in [1.165, 1.54) is 6.08 Å². The number of benzene rings is 3. The fraction of sp³-hybridized carbons (Fsp3) is 0. The van der Waals surface area contributed by atoms with Gasteiger partial charge in [-0.3, -0.25) is 0 Å². The van der Waals surface area contributed by atoms with Gasteiger partial charge in [0.15, 0.2) is 23.0 Å². The molecular weight excluding hydrogens is 360 g/mol. The second kappa shape index (κ2) is 8.09. The first-order valence-corrected chi connectivity index (χ1v) is 8.27. The zero-order valence-electron chi connectivity index (χ0n) is 14.7. The van der Waals surface area contributed by atoms with E-state index >= 15 is 0 Å². The molecule has 0 aliphatic carbocycles. The van der Waals surface area contributed by atoms with Crippen LogP contribution in [0, 0.1) is 0 Å². The predicted molar refractivity (Wildman–Crippen MR) is 103 cm³/mol. The summed E-state index contributed by atoms with van der Waals surface area (Å²) in [6.07, 6.45) is 1.18. The Kier molecular flexibility index (Phi) is 5.41. The lowest BCUT2D eigenvalue weighted by atomic mass is 10.1. The minimum Gasteiger partial charge on any atom is -0.504 e. The van der Waals surface area contributed by atoms with Crippen molar-refractivity contribution in [2.24, 2.45) is 0 Å². The molecule has 0 saturated carbocycles. The van der Waals surface area contributed by atoms with Crippen LogP contribution in [0.25, 0.3) is 6.08 Å². The number of ether oxygens (including phenoxy) is 2. The largest absolute Gasteiger partial charge is 0.504 e. The molecule has 0 spiro atoms. The van der Waals surface area contributed by atoms with Crippen LogP contribution in [0.15, 0.2) is 73.3 Å². The molecule has 140 valence electrons. The van der Waals surface area contributed by atoms with Crippen molar-refractivity contribution >= 4 is 18.0 Å². The molecule has 0 fully saturated rings. The third kappa shape index (κ3) is 3.86.